The zero-order valence-corrected chi connectivity index (χ0v) is 12.0. The number of para-hydroxylation sites is 1. The van der Waals surface area contributed by atoms with Crippen LogP contribution >= 0.6 is 0 Å². The van der Waals surface area contributed by atoms with Crippen LogP contribution in [0, 0.1) is 0 Å². The summed E-state index contributed by atoms with van der Waals surface area (Å²) in [6.07, 6.45) is 1.04. The number of anilines is 1. The number of methoxy groups -OCH3 is 1. The van der Waals surface area contributed by atoms with Crippen LogP contribution in [-0.2, 0) is 4.74 Å². The number of hydrogen-bond donors (Lipinski definition) is 1. The molecule has 0 aliphatic carbocycles. The average Bonchev–Trinajstić information content (AvgIpc) is 2.52. The first-order valence-electron chi connectivity index (χ1n) is 7.11. The van der Waals surface area contributed by atoms with Gasteiger partial charge in [0.2, 0.25) is 0 Å². The molecule has 0 spiro atoms. The number of esters is 1. The molecule has 0 amide bonds. The second kappa shape index (κ2) is 7.26. The van der Waals surface area contributed by atoms with Crippen LogP contribution in [0.3, 0.4) is 0 Å². The van der Waals surface area contributed by atoms with Gasteiger partial charge in [-0.15, -0.1) is 0 Å². The van der Waals surface area contributed by atoms with E-state index >= 15 is 0 Å². The Kier molecular flexibility index (Phi) is 5.38. The molecule has 1 aliphatic rings. The Hall–Kier alpha value is -1.59. The monoisotopic (exact) mass is 277 g/mol. The van der Waals surface area contributed by atoms with Crippen molar-refractivity contribution in [1.82, 2.24) is 4.90 Å². The van der Waals surface area contributed by atoms with E-state index < -0.39 is 0 Å². The lowest BCUT2D eigenvalue weighted by Crippen LogP contribution is -2.47. The van der Waals surface area contributed by atoms with Gasteiger partial charge >= 0.3 is 5.97 Å². The fourth-order valence-corrected chi connectivity index (χ4v) is 2.56. The van der Waals surface area contributed by atoms with E-state index in [9.17, 15) is 4.79 Å². The van der Waals surface area contributed by atoms with Crippen LogP contribution in [0.2, 0.25) is 0 Å². The molecule has 110 valence electrons. The fraction of sp³-hybridized carbons (Fsp3) is 0.533. The fourth-order valence-electron chi connectivity index (χ4n) is 2.56. The van der Waals surface area contributed by atoms with Crippen LogP contribution in [0.15, 0.2) is 24.3 Å². The molecule has 0 atom stereocenters. The second-order valence-corrected chi connectivity index (χ2v) is 4.98. The van der Waals surface area contributed by atoms with E-state index in [1.54, 1.807) is 0 Å². The summed E-state index contributed by atoms with van der Waals surface area (Å²) in [5, 5.41) is 0. The Morgan fingerprint density at radius 2 is 1.95 bits per heavy atom. The van der Waals surface area contributed by atoms with Crippen LogP contribution in [0.25, 0.3) is 0 Å². The summed E-state index contributed by atoms with van der Waals surface area (Å²) in [7, 11) is 1.42. The van der Waals surface area contributed by atoms with Gasteiger partial charge in [0.05, 0.1) is 18.4 Å². The molecule has 5 nitrogen and oxygen atoms in total. The van der Waals surface area contributed by atoms with Crippen LogP contribution in [-0.4, -0.2) is 57.2 Å². The minimum atomic E-state index is -0.272. The largest absolute Gasteiger partial charge is 0.465 e. The van der Waals surface area contributed by atoms with Gasteiger partial charge in [0.15, 0.2) is 0 Å². The summed E-state index contributed by atoms with van der Waals surface area (Å²) in [5.41, 5.74) is 7.16. The van der Waals surface area contributed by atoms with Crippen LogP contribution < -0.4 is 10.6 Å². The van der Waals surface area contributed by atoms with Crippen LogP contribution in [0.4, 0.5) is 5.69 Å². The molecule has 0 bridgehead atoms. The first-order chi connectivity index (χ1) is 9.76. The number of piperazine rings is 1. The highest BCUT2D eigenvalue weighted by Crippen LogP contribution is 2.22. The van der Waals surface area contributed by atoms with Crippen molar-refractivity contribution >= 4 is 11.7 Å². The molecule has 1 aromatic rings. The molecule has 0 saturated carbocycles. The lowest BCUT2D eigenvalue weighted by molar-refractivity contribution is 0.0601. The van der Waals surface area contributed by atoms with E-state index in [2.05, 4.69) is 9.80 Å². The number of nitrogens with two attached hydrogens (primary N) is 1. The number of nitrogens with zero attached hydrogens (tertiary/aromatic N) is 2. The minimum absolute atomic E-state index is 0.272. The van der Waals surface area contributed by atoms with E-state index in [1.807, 2.05) is 24.3 Å². The summed E-state index contributed by atoms with van der Waals surface area (Å²) >= 11 is 0. The van der Waals surface area contributed by atoms with Crippen LogP contribution in [0.5, 0.6) is 0 Å². The maximum atomic E-state index is 11.8. The predicted molar refractivity (Wildman–Crippen MR) is 80.1 cm³/mol. The molecule has 20 heavy (non-hydrogen) atoms. The van der Waals surface area contributed by atoms with Gasteiger partial charge in [-0.1, -0.05) is 12.1 Å². The zero-order valence-electron chi connectivity index (χ0n) is 12.0. The summed E-state index contributed by atoms with van der Waals surface area (Å²) in [4.78, 5) is 16.5. The van der Waals surface area contributed by atoms with Gasteiger partial charge in [0.1, 0.15) is 0 Å². The normalized spacial score (nSPS) is 16.2. The molecule has 1 heterocycles. The highest BCUT2D eigenvalue weighted by molar-refractivity contribution is 5.95. The van der Waals surface area contributed by atoms with E-state index in [4.69, 9.17) is 10.5 Å². The van der Waals surface area contributed by atoms with Gasteiger partial charge in [0.25, 0.3) is 0 Å². The molecule has 5 heteroatoms. The summed E-state index contributed by atoms with van der Waals surface area (Å²) in [6.45, 7) is 5.68. The maximum Gasteiger partial charge on any atom is 0.339 e. The van der Waals surface area contributed by atoms with Gasteiger partial charge in [-0.2, -0.15) is 0 Å². The third-order valence-corrected chi connectivity index (χ3v) is 3.70. The van der Waals surface area contributed by atoms with E-state index in [0.717, 1.165) is 51.4 Å². The smallest absolute Gasteiger partial charge is 0.339 e. The highest BCUT2D eigenvalue weighted by Gasteiger charge is 2.21. The van der Waals surface area contributed by atoms with E-state index in [1.165, 1.54) is 7.11 Å². The third-order valence-electron chi connectivity index (χ3n) is 3.70. The molecule has 0 radical (unpaired) electrons. The van der Waals surface area contributed by atoms with Gasteiger partial charge in [-0.3, -0.25) is 4.90 Å². The lowest BCUT2D eigenvalue weighted by atomic mass is 10.1. The van der Waals surface area contributed by atoms with Gasteiger partial charge in [-0.25, -0.2) is 4.79 Å². The number of benzene rings is 1. The second-order valence-electron chi connectivity index (χ2n) is 4.98. The SMILES string of the molecule is COC(=O)c1ccccc1N1CCN(CCCN)CC1. The first-order valence-corrected chi connectivity index (χ1v) is 7.11. The average molecular weight is 277 g/mol. The van der Waals surface area contributed by atoms with Gasteiger partial charge < -0.3 is 15.4 Å². The maximum absolute atomic E-state index is 11.8. The molecule has 0 aromatic heterocycles. The summed E-state index contributed by atoms with van der Waals surface area (Å²) in [6, 6.07) is 7.64. The number of carbonyl (C=O) groups is 1. The number of rotatable bonds is 5. The molecular weight excluding hydrogens is 254 g/mol. The van der Waals surface area contributed by atoms with Crippen molar-refractivity contribution in [3.8, 4) is 0 Å². The Labute approximate surface area is 120 Å². The predicted octanol–water partition coefficient (Wildman–Crippen LogP) is 0.944. The van der Waals surface area contributed by atoms with Crippen LogP contribution in [0.1, 0.15) is 16.8 Å². The molecule has 1 aromatic carbocycles. The molecular formula is C15H23N3O2. The Morgan fingerprint density at radius 1 is 1.25 bits per heavy atom. The third kappa shape index (κ3) is 3.49. The molecule has 1 aliphatic heterocycles. The number of hydrogen-bond acceptors (Lipinski definition) is 5. The van der Waals surface area contributed by atoms with Crippen molar-refractivity contribution in [2.45, 2.75) is 6.42 Å². The molecule has 2 rings (SSSR count). The van der Waals surface area contributed by atoms with E-state index in [0.29, 0.717) is 5.56 Å². The summed E-state index contributed by atoms with van der Waals surface area (Å²) < 4.78 is 4.85. The van der Waals surface area contributed by atoms with E-state index in [-0.39, 0.29) is 5.97 Å². The van der Waals surface area contributed by atoms with Crippen molar-refractivity contribution in [1.29, 1.82) is 0 Å². The molecule has 1 saturated heterocycles. The zero-order chi connectivity index (χ0) is 14.4. The van der Waals surface area contributed by atoms with Crippen molar-refractivity contribution < 1.29 is 9.53 Å². The Morgan fingerprint density at radius 3 is 2.60 bits per heavy atom. The molecule has 0 unspecified atom stereocenters. The molecule has 2 N–H and O–H groups in total. The topological polar surface area (TPSA) is 58.8 Å². The van der Waals surface area contributed by atoms with Crippen molar-refractivity contribution in [3.63, 3.8) is 0 Å². The molecule has 1 fully saturated rings. The quantitative estimate of drug-likeness (QED) is 0.812. The van der Waals surface area contributed by atoms with Crippen molar-refractivity contribution in [2.75, 3.05) is 51.3 Å². The lowest BCUT2D eigenvalue weighted by Gasteiger charge is -2.36. The highest BCUT2D eigenvalue weighted by atomic mass is 16.5. The Bertz CT molecular complexity index is 442. The Balaban J connectivity index is 2.02. The summed E-state index contributed by atoms with van der Waals surface area (Å²) in [5.74, 6) is -0.272. The van der Waals surface area contributed by atoms with Gasteiger partial charge in [0, 0.05) is 26.2 Å². The first kappa shape index (κ1) is 14.8. The minimum Gasteiger partial charge on any atom is -0.465 e. The van der Waals surface area contributed by atoms with Crippen molar-refractivity contribution in [3.05, 3.63) is 29.8 Å². The van der Waals surface area contributed by atoms with Crippen molar-refractivity contribution in [2.24, 2.45) is 5.73 Å². The number of ether oxygens (including phenoxy) is 1. The van der Waals surface area contributed by atoms with Gasteiger partial charge in [-0.05, 0) is 31.6 Å². The number of carbonyl (C=O) groups excluding carboxylic acids is 1. The standard InChI is InChI=1S/C15H23N3O2/c1-20-15(19)13-5-2-3-6-14(13)18-11-9-17(10-12-18)8-4-7-16/h2-3,5-6H,4,7-12,16H2,1H3.